The number of carbonyl (C=O) groups is 4. The molecule has 0 aliphatic carbocycles. The lowest BCUT2D eigenvalue weighted by molar-refractivity contribution is 0.0471. The van der Waals surface area contributed by atoms with Gasteiger partial charge in [0.2, 0.25) is 5.78 Å². The van der Waals surface area contributed by atoms with Crippen LogP contribution in [0.15, 0.2) is 24.3 Å². The molecule has 0 spiro atoms. The summed E-state index contributed by atoms with van der Waals surface area (Å²) in [5, 5.41) is 0. The van der Waals surface area contributed by atoms with Crippen molar-refractivity contribution in [3.8, 4) is 0 Å². The third-order valence-corrected chi connectivity index (χ3v) is 4.07. The van der Waals surface area contributed by atoms with Crippen LogP contribution in [0.4, 0.5) is 0 Å². The van der Waals surface area contributed by atoms with Gasteiger partial charge in [-0.3, -0.25) is 4.79 Å². The van der Waals surface area contributed by atoms with E-state index >= 15 is 0 Å². The van der Waals surface area contributed by atoms with E-state index in [1.807, 2.05) is 0 Å². The highest BCUT2D eigenvalue weighted by atomic mass is 16.5. The molecule has 28 heavy (non-hydrogen) atoms. The van der Waals surface area contributed by atoms with E-state index in [0.717, 1.165) is 0 Å². The van der Waals surface area contributed by atoms with E-state index in [2.05, 4.69) is 9.72 Å². The zero-order valence-electron chi connectivity index (χ0n) is 16.1. The standard InChI is InChI=1S/C20H21NO7/c1-5-27-20(25)16-11(2)17(21-12(16)3)15(22)10-28-19(24)14-8-6-13(7-9-14)18(23)26-4/h6-9,21H,5,10H2,1-4H3. The predicted molar refractivity (Wildman–Crippen MR) is 98.6 cm³/mol. The minimum atomic E-state index is -0.712. The Kier molecular flexibility index (Phi) is 6.70. The van der Waals surface area contributed by atoms with Crippen LogP contribution in [-0.4, -0.2) is 49.0 Å². The Morgan fingerprint density at radius 2 is 1.46 bits per heavy atom. The minimum Gasteiger partial charge on any atom is -0.465 e. The molecular weight excluding hydrogens is 366 g/mol. The van der Waals surface area contributed by atoms with Gasteiger partial charge < -0.3 is 19.2 Å². The smallest absolute Gasteiger partial charge is 0.340 e. The van der Waals surface area contributed by atoms with Crippen LogP contribution >= 0.6 is 0 Å². The van der Waals surface area contributed by atoms with Gasteiger partial charge in [0.05, 0.1) is 36.1 Å². The monoisotopic (exact) mass is 387 g/mol. The molecule has 0 aliphatic rings. The Balaban J connectivity index is 2.06. The molecule has 0 unspecified atom stereocenters. The molecule has 2 rings (SSSR count). The van der Waals surface area contributed by atoms with Gasteiger partial charge in [-0.1, -0.05) is 0 Å². The molecular formula is C20H21NO7. The molecule has 1 N–H and O–H groups in total. The van der Waals surface area contributed by atoms with E-state index < -0.39 is 30.3 Å². The summed E-state index contributed by atoms with van der Waals surface area (Å²) in [6, 6.07) is 5.66. The van der Waals surface area contributed by atoms with E-state index in [1.54, 1.807) is 20.8 Å². The molecule has 1 heterocycles. The van der Waals surface area contributed by atoms with Gasteiger partial charge in [-0.2, -0.15) is 0 Å². The van der Waals surface area contributed by atoms with Crippen molar-refractivity contribution in [3.05, 3.63) is 57.9 Å². The maximum absolute atomic E-state index is 12.4. The number of methoxy groups -OCH3 is 1. The van der Waals surface area contributed by atoms with Gasteiger partial charge in [0, 0.05) is 5.69 Å². The number of rotatable bonds is 7. The van der Waals surface area contributed by atoms with Crippen LogP contribution in [0.5, 0.6) is 0 Å². The fourth-order valence-electron chi connectivity index (χ4n) is 2.69. The average Bonchev–Trinajstić information content (AvgIpc) is 2.99. The minimum absolute atomic E-state index is 0.187. The van der Waals surface area contributed by atoms with Crippen molar-refractivity contribution >= 4 is 23.7 Å². The van der Waals surface area contributed by atoms with Crippen molar-refractivity contribution in [1.82, 2.24) is 4.98 Å². The first-order valence-electron chi connectivity index (χ1n) is 8.55. The van der Waals surface area contributed by atoms with Crippen LogP contribution in [0.2, 0.25) is 0 Å². The first-order chi connectivity index (χ1) is 13.3. The lowest BCUT2D eigenvalue weighted by atomic mass is 10.1. The van der Waals surface area contributed by atoms with Crippen LogP contribution < -0.4 is 0 Å². The number of nitrogens with one attached hydrogen (secondary N) is 1. The lowest BCUT2D eigenvalue weighted by Gasteiger charge is -2.05. The Morgan fingerprint density at radius 1 is 0.893 bits per heavy atom. The Bertz CT molecular complexity index is 909. The van der Waals surface area contributed by atoms with Crippen LogP contribution in [0.25, 0.3) is 0 Å². The zero-order valence-corrected chi connectivity index (χ0v) is 16.1. The van der Waals surface area contributed by atoms with E-state index in [0.29, 0.717) is 22.4 Å². The Morgan fingerprint density at radius 3 is 2.00 bits per heavy atom. The summed E-state index contributed by atoms with van der Waals surface area (Å²) in [7, 11) is 1.26. The molecule has 1 aromatic heterocycles. The molecule has 8 nitrogen and oxygen atoms in total. The number of aromatic amines is 1. The van der Waals surface area contributed by atoms with Gasteiger partial charge in [-0.15, -0.1) is 0 Å². The molecule has 0 fully saturated rings. The van der Waals surface area contributed by atoms with Crippen molar-refractivity contribution in [1.29, 1.82) is 0 Å². The molecule has 1 aromatic carbocycles. The van der Waals surface area contributed by atoms with Gasteiger partial charge in [0.15, 0.2) is 6.61 Å². The van der Waals surface area contributed by atoms with Crippen LogP contribution in [0.3, 0.4) is 0 Å². The Hall–Kier alpha value is -3.42. The van der Waals surface area contributed by atoms with Crippen molar-refractivity contribution in [2.45, 2.75) is 20.8 Å². The van der Waals surface area contributed by atoms with Crippen LogP contribution in [-0.2, 0) is 14.2 Å². The summed E-state index contributed by atoms with van der Waals surface area (Å²) in [6.45, 7) is 4.69. The average molecular weight is 387 g/mol. The van der Waals surface area contributed by atoms with E-state index in [4.69, 9.17) is 9.47 Å². The quantitative estimate of drug-likeness (QED) is 0.441. The third kappa shape index (κ3) is 4.46. The van der Waals surface area contributed by atoms with Gasteiger partial charge >= 0.3 is 17.9 Å². The second kappa shape index (κ2) is 8.98. The van der Waals surface area contributed by atoms with Crippen molar-refractivity contribution in [3.63, 3.8) is 0 Å². The first kappa shape index (κ1) is 20.9. The molecule has 2 aromatic rings. The van der Waals surface area contributed by atoms with Crippen molar-refractivity contribution < 1.29 is 33.4 Å². The topological polar surface area (TPSA) is 112 Å². The van der Waals surface area contributed by atoms with Crippen molar-refractivity contribution in [2.24, 2.45) is 0 Å². The van der Waals surface area contributed by atoms with E-state index in [1.165, 1.54) is 31.4 Å². The number of carbonyl (C=O) groups excluding carboxylic acids is 4. The Labute approximate surface area is 161 Å². The number of hydrogen-bond acceptors (Lipinski definition) is 7. The van der Waals surface area contributed by atoms with Crippen LogP contribution in [0.1, 0.15) is 59.7 Å². The van der Waals surface area contributed by atoms with Crippen molar-refractivity contribution in [2.75, 3.05) is 20.3 Å². The highest BCUT2D eigenvalue weighted by molar-refractivity contribution is 6.03. The fourth-order valence-corrected chi connectivity index (χ4v) is 2.69. The maximum atomic E-state index is 12.4. The lowest BCUT2D eigenvalue weighted by Crippen LogP contribution is -2.16. The van der Waals surface area contributed by atoms with Gasteiger partial charge in [0.1, 0.15) is 0 Å². The number of benzene rings is 1. The number of aromatic nitrogens is 1. The number of ether oxygens (including phenoxy) is 3. The number of Topliss-reactive ketones (excluding diaryl/α,β-unsaturated/α-hetero) is 1. The maximum Gasteiger partial charge on any atom is 0.340 e. The number of ketones is 1. The number of esters is 3. The molecule has 0 saturated heterocycles. The van der Waals surface area contributed by atoms with E-state index in [-0.39, 0.29) is 17.9 Å². The molecule has 0 aliphatic heterocycles. The van der Waals surface area contributed by atoms with E-state index in [9.17, 15) is 19.2 Å². The molecule has 0 radical (unpaired) electrons. The normalized spacial score (nSPS) is 10.3. The van der Waals surface area contributed by atoms with Gasteiger partial charge in [-0.25, -0.2) is 14.4 Å². The van der Waals surface area contributed by atoms with Crippen LogP contribution in [0, 0.1) is 13.8 Å². The SMILES string of the molecule is CCOC(=O)c1c(C)[nH]c(C(=O)COC(=O)c2ccc(C(=O)OC)cc2)c1C. The summed E-state index contributed by atoms with van der Waals surface area (Å²) in [5.41, 5.74) is 1.92. The van der Waals surface area contributed by atoms with Gasteiger partial charge in [-0.05, 0) is 50.6 Å². The number of hydrogen-bond donors (Lipinski definition) is 1. The summed E-state index contributed by atoms with van der Waals surface area (Å²) < 4.78 is 14.6. The zero-order chi connectivity index (χ0) is 20.8. The number of H-pyrrole nitrogens is 1. The summed E-state index contributed by atoms with van der Waals surface area (Å²) >= 11 is 0. The fraction of sp³-hybridized carbons (Fsp3) is 0.300. The first-order valence-corrected chi connectivity index (χ1v) is 8.55. The molecule has 8 heteroatoms. The molecule has 0 atom stereocenters. The van der Waals surface area contributed by atoms with Gasteiger partial charge in [0.25, 0.3) is 0 Å². The largest absolute Gasteiger partial charge is 0.465 e. The second-order valence-electron chi connectivity index (χ2n) is 5.91. The predicted octanol–water partition coefficient (Wildman–Crippen LogP) is 2.63. The molecule has 0 saturated carbocycles. The second-order valence-corrected chi connectivity index (χ2v) is 5.91. The number of aryl methyl sites for hydroxylation is 1. The highest BCUT2D eigenvalue weighted by Crippen LogP contribution is 2.20. The third-order valence-electron chi connectivity index (χ3n) is 4.07. The summed E-state index contributed by atoms with van der Waals surface area (Å²) in [5.74, 6) is -2.23. The molecule has 148 valence electrons. The summed E-state index contributed by atoms with van der Waals surface area (Å²) in [6.07, 6.45) is 0. The highest BCUT2D eigenvalue weighted by Gasteiger charge is 2.23. The summed E-state index contributed by atoms with van der Waals surface area (Å²) in [4.78, 5) is 50.8. The molecule has 0 bridgehead atoms. The molecule has 0 amide bonds.